The predicted molar refractivity (Wildman–Crippen MR) is 91.9 cm³/mol. The fraction of sp³-hybridized carbons (Fsp3) is 0.533. The number of nitrogens with one attached hydrogen (secondary N) is 1. The van der Waals surface area contributed by atoms with Gasteiger partial charge in [0, 0.05) is 43.2 Å². The lowest BCUT2D eigenvalue weighted by Gasteiger charge is -2.36. The summed E-state index contributed by atoms with van der Waals surface area (Å²) >= 11 is 9.05. The topological polar surface area (TPSA) is 18.5 Å². The van der Waals surface area contributed by atoms with Crippen LogP contribution in [0.25, 0.3) is 0 Å². The molecular weight excluding hydrogens is 334 g/mol. The van der Waals surface area contributed by atoms with E-state index in [2.05, 4.69) is 69.2 Å². The summed E-state index contributed by atoms with van der Waals surface area (Å²) in [6.45, 7) is 9.36. The predicted octanol–water partition coefficient (Wildman–Crippen LogP) is 2.85. The number of nitrogens with zero attached hydrogens (tertiary/aromatic N) is 2. The van der Waals surface area contributed by atoms with Crippen molar-refractivity contribution in [3.8, 4) is 0 Å². The van der Waals surface area contributed by atoms with Crippen LogP contribution < -0.4 is 5.32 Å². The van der Waals surface area contributed by atoms with E-state index in [9.17, 15) is 0 Å². The highest BCUT2D eigenvalue weighted by Crippen LogP contribution is 2.18. The molecule has 1 aromatic carbocycles. The Morgan fingerprint density at radius 2 is 1.90 bits per heavy atom. The molecule has 0 saturated carbocycles. The summed E-state index contributed by atoms with van der Waals surface area (Å²) in [6, 6.07) is 8.84. The Morgan fingerprint density at radius 1 is 1.25 bits per heavy atom. The molecule has 0 atom stereocenters. The Kier molecular flexibility index (Phi) is 5.81. The molecule has 3 nitrogen and oxygen atoms in total. The first-order valence-corrected chi connectivity index (χ1v) is 8.27. The van der Waals surface area contributed by atoms with Crippen LogP contribution in [0.2, 0.25) is 0 Å². The minimum atomic E-state index is 0.404. The van der Waals surface area contributed by atoms with Gasteiger partial charge in [-0.05, 0) is 37.7 Å². The first-order chi connectivity index (χ1) is 9.56. The van der Waals surface area contributed by atoms with Gasteiger partial charge in [-0.1, -0.05) is 34.1 Å². The molecule has 1 heterocycles. The number of hydrogen-bond acceptors (Lipinski definition) is 2. The number of thiocarbonyl (C=S) groups is 1. The van der Waals surface area contributed by atoms with Gasteiger partial charge < -0.3 is 10.2 Å². The van der Waals surface area contributed by atoms with Crippen LogP contribution >= 0.6 is 28.1 Å². The molecule has 1 aliphatic rings. The van der Waals surface area contributed by atoms with E-state index in [1.54, 1.807) is 0 Å². The molecule has 20 heavy (non-hydrogen) atoms. The Bertz CT molecular complexity index is 456. The van der Waals surface area contributed by atoms with Crippen LogP contribution in [-0.4, -0.2) is 47.1 Å². The van der Waals surface area contributed by atoms with Gasteiger partial charge in [0.25, 0.3) is 0 Å². The largest absolute Gasteiger partial charge is 0.360 e. The summed E-state index contributed by atoms with van der Waals surface area (Å²) in [5, 5.41) is 4.21. The van der Waals surface area contributed by atoms with Gasteiger partial charge in [0.15, 0.2) is 5.11 Å². The van der Waals surface area contributed by atoms with Crippen LogP contribution in [0.3, 0.4) is 0 Å². The van der Waals surface area contributed by atoms with Crippen LogP contribution in [-0.2, 0) is 6.54 Å². The van der Waals surface area contributed by atoms with E-state index in [-0.39, 0.29) is 0 Å². The van der Waals surface area contributed by atoms with Crippen molar-refractivity contribution in [3.05, 3.63) is 34.3 Å². The van der Waals surface area contributed by atoms with Crippen LogP contribution in [0, 0.1) is 0 Å². The number of piperazine rings is 1. The van der Waals surface area contributed by atoms with E-state index in [0.717, 1.165) is 37.8 Å². The summed E-state index contributed by atoms with van der Waals surface area (Å²) in [7, 11) is 0. The average molecular weight is 356 g/mol. The van der Waals surface area contributed by atoms with Crippen molar-refractivity contribution in [2.45, 2.75) is 26.4 Å². The van der Waals surface area contributed by atoms with E-state index in [4.69, 9.17) is 12.2 Å². The van der Waals surface area contributed by atoms with Crippen LogP contribution in [0.4, 0.5) is 0 Å². The summed E-state index contributed by atoms with van der Waals surface area (Å²) in [5.41, 5.74) is 1.35. The second-order valence-electron chi connectivity index (χ2n) is 5.46. The molecule has 1 saturated heterocycles. The maximum Gasteiger partial charge on any atom is 0.169 e. The molecule has 1 aliphatic heterocycles. The molecule has 1 fully saturated rings. The highest BCUT2D eigenvalue weighted by molar-refractivity contribution is 9.10. The summed E-state index contributed by atoms with van der Waals surface area (Å²) in [4.78, 5) is 4.75. The zero-order valence-electron chi connectivity index (χ0n) is 12.1. The SMILES string of the molecule is CC(C)NC(=S)N1CCN(Cc2ccccc2Br)CC1. The average Bonchev–Trinajstić information content (AvgIpc) is 2.41. The number of benzene rings is 1. The summed E-state index contributed by atoms with van der Waals surface area (Å²) in [6.07, 6.45) is 0. The Balaban J connectivity index is 1.83. The van der Waals surface area contributed by atoms with Gasteiger partial charge in [0.05, 0.1) is 0 Å². The lowest BCUT2D eigenvalue weighted by Crippen LogP contribution is -2.52. The van der Waals surface area contributed by atoms with E-state index in [0.29, 0.717) is 6.04 Å². The molecule has 1 aromatic rings. The smallest absolute Gasteiger partial charge is 0.169 e. The van der Waals surface area contributed by atoms with E-state index in [1.165, 1.54) is 10.0 Å². The van der Waals surface area contributed by atoms with Gasteiger partial charge in [0.1, 0.15) is 0 Å². The third kappa shape index (κ3) is 4.43. The molecule has 1 N–H and O–H groups in total. The van der Waals surface area contributed by atoms with Crippen LogP contribution in [0.15, 0.2) is 28.7 Å². The molecule has 0 radical (unpaired) electrons. The zero-order valence-corrected chi connectivity index (χ0v) is 14.5. The summed E-state index contributed by atoms with van der Waals surface area (Å²) in [5.74, 6) is 0. The van der Waals surface area contributed by atoms with Crippen LogP contribution in [0.1, 0.15) is 19.4 Å². The van der Waals surface area contributed by atoms with Crippen molar-refractivity contribution in [1.82, 2.24) is 15.1 Å². The molecule has 2 rings (SSSR count). The van der Waals surface area contributed by atoms with E-state index < -0.39 is 0 Å². The van der Waals surface area contributed by atoms with Gasteiger partial charge in [-0.15, -0.1) is 0 Å². The Morgan fingerprint density at radius 3 is 2.50 bits per heavy atom. The van der Waals surface area contributed by atoms with Crippen molar-refractivity contribution in [2.75, 3.05) is 26.2 Å². The molecule has 0 aromatic heterocycles. The van der Waals surface area contributed by atoms with Gasteiger partial charge in [-0.3, -0.25) is 4.90 Å². The van der Waals surface area contributed by atoms with Crippen molar-refractivity contribution < 1.29 is 0 Å². The van der Waals surface area contributed by atoms with Crippen molar-refractivity contribution in [3.63, 3.8) is 0 Å². The third-order valence-electron chi connectivity index (χ3n) is 3.42. The molecular formula is C15H22BrN3S. The highest BCUT2D eigenvalue weighted by atomic mass is 79.9. The first kappa shape index (κ1) is 15.7. The van der Waals surface area contributed by atoms with Gasteiger partial charge in [-0.2, -0.15) is 0 Å². The number of rotatable bonds is 3. The molecule has 5 heteroatoms. The third-order valence-corrected chi connectivity index (χ3v) is 4.57. The quantitative estimate of drug-likeness (QED) is 0.840. The fourth-order valence-corrected chi connectivity index (χ4v) is 3.14. The van der Waals surface area contributed by atoms with Crippen molar-refractivity contribution in [1.29, 1.82) is 0 Å². The lowest BCUT2D eigenvalue weighted by molar-refractivity contribution is 0.174. The fourth-order valence-electron chi connectivity index (χ4n) is 2.31. The van der Waals surface area contributed by atoms with Crippen molar-refractivity contribution in [2.24, 2.45) is 0 Å². The molecule has 0 amide bonds. The van der Waals surface area contributed by atoms with Gasteiger partial charge in [0.2, 0.25) is 0 Å². The van der Waals surface area contributed by atoms with E-state index in [1.807, 2.05) is 0 Å². The molecule has 0 spiro atoms. The van der Waals surface area contributed by atoms with Crippen molar-refractivity contribution >= 4 is 33.3 Å². The summed E-state index contributed by atoms with van der Waals surface area (Å²) < 4.78 is 1.19. The number of halogens is 1. The second kappa shape index (κ2) is 7.38. The van der Waals surface area contributed by atoms with E-state index >= 15 is 0 Å². The standard InChI is InChI=1S/C15H22BrN3S/c1-12(2)17-15(20)19-9-7-18(8-10-19)11-13-5-3-4-6-14(13)16/h3-6,12H,7-11H2,1-2H3,(H,17,20). The second-order valence-corrected chi connectivity index (χ2v) is 6.70. The maximum atomic E-state index is 5.43. The minimum Gasteiger partial charge on any atom is -0.360 e. The molecule has 110 valence electrons. The van der Waals surface area contributed by atoms with Gasteiger partial charge in [-0.25, -0.2) is 0 Å². The highest BCUT2D eigenvalue weighted by Gasteiger charge is 2.19. The van der Waals surface area contributed by atoms with Gasteiger partial charge >= 0.3 is 0 Å². The molecule has 0 aliphatic carbocycles. The lowest BCUT2D eigenvalue weighted by atomic mass is 10.2. The van der Waals surface area contributed by atoms with Crippen LogP contribution in [0.5, 0.6) is 0 Å². The first-order valence-electron chi connectivity index (χ1n) is 7.07. The monoisotopic (exact) mass is 355 g/mol. The Hall–Kier alpha value is -0.650. The maximum absolute atomic E-state index is 5.43. The molecule has 0 unspecified atom stereocenters. The number of hydrogen-bond donors (Lipinski definition) is 1. The molecule has 0 bridgehead atoms. The normalized spacial score (nSPS) is 16.5. The minimum absolute atomic E-state index is 0.404. The zero-order chi connectivity index (χ0) is 14.5. The Labute approximate surface area is 135 Å².